The van der Waals surface area contributed by atoms with E-state index in [2.05, 4.69) is 43.5 Å². The number of amides is 1. The van der Waals surface area contributed by atoms with Crippen molar-refractivity contribution in [2.45, 2.75) is 443 Å². The van der Waals surface area contributed by atoms with Crippen molar-refractivity contribution < 1.29 is 24.5 Å². The molecule has 0 bridgehead atoms. The Bertz CT molecular complexity index is 1380. The van der Waals surface area contributed by atoms with E-state index in [1.165, 1.54) is 360 Å². The van der Waals surface area contributed by atoms with Gasteiger partial charge >= 0.3 is 5.97 Å². The van der Waals surface area contributed by atoms with Crippen LogP contribution in [0.2, 0.25) is 0 Å². The van der Waals surface area contributed by atoms with Gasteiger partial charge in [-0.2, -0.15) is 0 Å². The van der Waals surface area contributed by atoms with Gasteiger partial charge in [0, 0.05) is 12.8 Å². The molecule has 3 N–H and O–H groups in total. The predicted molar refractivity (Wildman–Crippen MR) is 375 cm³/mol. The number of nitrogens with one attached hydrogen (secondary N) is 1. The maximum atomic E-state index is 12.5. The highest BCUT2D eigenvalue weighted by molar-refractivity contribution is 5.76. The minimum atomic E-state index is -0.842. The summed E-state index contributed by atoms with van der Waals surface area (Å²) in [5.41, 5.74) is 0. The van der Waals surface area contributed by atoms with Gasteiger partial charge in [0.05, 0.1) is 25.4 Å². The molecule has 0 saturated heterocycles. The topological polar surface area (TPSA) is 95.9 Å². The minimum absolute atomic E-state index is 0.0227. The molecule has 85 heavy (non-hydrogen) atoms. The summed E-state index contributed by atoms with van der Waals surface area (Å²) in [6.45, 7) is 4.95. The van der Waals surface area contributed by atoms with Gasteiger partial charge < -0.3 is 20.3 Å². The van der Waals surface area contributed by atoms with E-state index in [-0.39, 0.29) is 18.5 Å². The number of allylic oxidation sites excluding steroid dienone is 5. The van der Waals surface area contributed by atoms with Gasteiger partial charge in [-0.1, -0.05) is 391 Å². The maximum Gasteiger partial charge on any atom is 0.305 e. The summed E-state index contributed by atoms with van der Waals surface area (Å²) in [4.78, 5) is 24.6. The predicted octanol–water partition coefficient (Wildman–Crippen LogP) is 25.4. The minimum Gasteiger partial charge on any atom is -0.466 e. The zero-order valence-corrected chi connectivity index (χ0v) is 57.6. The quantitative estimate of drug-likeness (QED) is 0.0320. The van der Waals surface area contributed by atoms with Gasteiger partial charge in [0.15, 0.2) is 0 Å². The molecular formula is C79H151NO5. The molecule has 0 aromatic rings. The normalized spacial score (nSPS) is 12.7. The van der Waals surface area contributed by atoms with Gasteiger partial charge in [-0.3, -0.25) is 9.59 Å². The van der Waals surface area contributed by atoms with Crippen LogP contribution in [0.1, 0.15) is 431 Å². The number of unbranched alkanes of at least 4 members (excludes halogenated alkanes) is 58. The summed E-state index contributed by atoms with van der Waals surface area (Å²) >= 11 is 0. The maximum absolute atomic E-state index is 12.5. The van der Waals surface area contributed by atoms with Crippen LogP contribution in [0.3, 0.4) is 0 Å². The zero-order valence-electron chi connectivity index (χ0n) is 57.6. The van der Waals surface area contributed by atoms with Crippen molar-refractivity contribution in [3.8, 4) is 0 Å². The first-order chi connectivity index (χ1) is 42.0. The lowest BCUT2D eigenvalue weighted by molar-refractivity contribution is -0.143. The van der Waals surface area contributed by atoms with Crippen LogP contribution in [0.25, 0.3) is 0 Å². The molecule has 0 radical (unpaired) electrons. The Morgan fingerprint density at radius 3 is 0.894 bits per heavy atom. The average Bonchev–Trinajstić information content (AvgIpc) is 3.51. The van der Waals surface area contributed by atoms with E-state index in [0.717, 1.165) is 44.9 Å². The first kappa shape index (κ1) is 83.1. The van der Waals surface area contributed by atoms with Crippen LogP contribution in [0.4, 0.5) is 0 Å². The highest BCUT2D eigenvalue weighted by Crippen LogP contribution is 2.19. The average molecular weight is 1200 g/mol. The molecule has 0 rings (SSSR count). The van der Waals surface area contributed by atoms with Gasteiger partial charge in [-0.25, -0.2) is 0 Å². The molecule has 6 nitrogen and oxygen atoms in total. The molecule has 502 valence electrons. The van der Waals surface area contributed by atoms with Crippen LogP contribution >= 0.6 is 0 Å². The number of carbonyl (C=O) groups excluding carboxylic acids is 2. The Kier molecular flexibility index (Phi) is 72.9. The smallest absolute Gasteiger partial charge is 0.305 e. The van der Waals surface area contributed by atoms with Gasteiger partial charge in [0.1, 0.15) is 0 Å². The third-order valence-electron chi connectivity index (χ3n) is 18.2. The molecule has 0 heterocycles. The van der Waals surface area contributed by atoms with Gasteiger partial charge in [-0.05, 0) is 64.2 Å². The van der Waals surface area contributed by atoms with E-state index in [1.54, 1.807) is 6.08 Å². The molecule has 0 spiro atoms. The number of esters is 1. The number of aliphatic hydroxyl groups excluding tert-OH is 2. The molecule has 0 aliphatic carbocycles. The van der Waals surface area contributed by atoms with Crippen LogP contribution in [-0.2, 0) is 14.3 Å². The standard InChI is InChI=1S/C79H151NO5/c1-3-5-7-9-11-13-15-17-19-45-49-53-57-61-65-69-73-79(84)85-74-70-66-62-58-54-50-46-42-40-38-36-34-32-30-28-26-24-22-20-21-23-25-27-29-31-33-35-37-39-41-44-48-52-56-60-64-68-72-78(83)80-76(75-81)77(82)71-67-63-59-55-51-47-43-18-16-14-12-10-8-6-4-2/h20,22,26,28,67,71,76-77,81-82H,3-19,21,23-25,27,29-66,68-70,72-75H2,1-2H3,(H,80,83)/b22-20-,28-26-,71-67+. The van der Waals surface area contributed by atoms with Crippen molar-refractivity contribution in [3.05, 3.63) is 36.5 Å². The lowest BCUT2D eigenvalue weighted by Crippen LogP contribution is -2.45. The monoisotopic (exact) mass is 1190 g/mol. The number of hydrogen-bond donors (Lipinski definition) is 3. The largest absolute Gasteiger partial charge is 0.466 e. The molecular weight excluding hydrogens is 1040 g/mol. The number of carbonyl (C=O) groups is 2. The van der Waals surface area contributed by atoms with Gasteiger partial charge in [0.25, 0.3) is 0 Å². The van der Waals surface area contributed by atoms with Crippen LogP contribution in [0, 0.1) is 0 Å². The third-order valence-corrected chi connectivity index (χ3v) is 18.2. The Morgan fingerprint density at radius 1 is 0.329 bits per heavy atom. The van der Waals surface area contributed by atoms with Crippen molar-refractivity contribution >= 4 is 11.9 Å². The summed E-state index contributed by atoms with van der Waals surface area (Å²) in [7, 11) is 0. The second-order valence-corrected chi connectivity index (χ2v) is 26.7. The Labute approximate surface area is 532 Å². The second kappa shape index (κ2) is 74.5. The van der Waals surface area contributed by atoms with E-state index in [9.17, 15) is 19.8 Å². The number of rotatable bonds is 73. The van der Waals surface area contributed by atoms with Crippen LogP contribution < -0.4 is 5.32 Å². The summed E-state index contributed by atoms with van der Waals surface area (Å²) < 4.78 is 5.51. The van der Waals surface area contributed by atoms with Crippen LogP contribution in [0.15, 0.2) is 36.5 Å². The van der Waals surface area contributed by atoms with Gasteiger partial charge in [-0.15, -0.1) is 0 Å². The molecule has 2 unspecified atom stereocenters. The van der Waals surface area contributed by atoms with Crippen molar-refractivity contribution in [1.29, 1.82) is 0 Å². The van der Waals surface area contributed by atoms with Crippen LogP contribution in [0.5, 0.6) is 0 Å². The Balaban J connectivity index is 3.36. The van der Waals surface area contributed by atoms with Crippen molar-refractivity contribution in [2.75, 3.05) is 13.2 Å². The second-order valence-electron chi connectivity index (χ2n) is 26.7. The molecule has 0 fully saturated rings. The fourth-order valence-corrected chi connectivity index (χ4v) is 12.3. The fourth-order valence-electron chi connectivity index (χ4n) is 12.3. The van der Waals surface area contributed by atoms with Crippen LogP contribution in [-0.4, -0.2) is 47.4 Å². The molecule has 0 saturated carbocycles. The molecule has 2 atom stereocenters. The van der Waals surface area contributed by atoms with E-state index in [1.807, 2.05) is 6.08 Å². The number of aliphatic hydroxyl groups is 2. The SMILES string of the molecule is CCCCCCCCCCCCCCC/C=C/C(O)C(CO)NC(=O)CCCCCCCCCCCCCCCCCCC/C=C\C/C=C\CCCCCCCCCCCCCCCOC(=O)CCCCCCCCCCCCCCCCCC. The van der Waals surface area contributed by atoms with Crippen molar-refractivity contribution in [3.63, 3.8) is 0 Å². The summed E-state index contributed by atoms with van der Waals surface area (Å²) in [5, 5.41) is 23.2. The number of hydrogen-bond acceptors (Lipinski definition) is 5. The highest BCUT2D eigenvalue weighted by Gasteiger charge is 2.18. The lowest BCUT2D eigenvalue weighted by atomic mass is 10.0. The van der Waals surface area contributed by atoms with Gasteiger partial charge in [0.2, 0.25) is 5.91 Å². The summed E-state index contributed by atoms with van der Waals surface area (Å²) in [6.07, 6.45) is 96.9. The summed E-state index contributed by atoms with van der Waals surface area (Å²) in [6, 6.07) is -0.626. The molecule has 0 aromatic heterocycles. The first-order valence-corrected chi connectivity index (χ1v) is 38.8. The Morgan fingerprint density at radius 2 is 0.588 bits per heavy atom. The van der Waals surface area contributed by atoms with Crippen molar-refractivity contribution in [1.82, 2.24) is 5.32 Å². The van der Waals surface area contributed by atoms with E-state index < -0.39 is 12.1 Å². The molecule has 1 amide bonds. The van der Waals surface area contributed by atoms with E-state index in [4.69, 9.17) is 4.74 Å². The molecule has 0 aliphatic heterocycles. The van der Waals surface area contributed by atoms with Crippen molar-refractivity contribution in [2.24, 2.45) is 0 Å². The highest BCUT2D eigenvalue weighted by atomic mass is 16.5. The van der Waals surface area contributed by atoms with E-state index >= 15 is 0 Å². The Hall–Kier alpha value is -1.92. The third kappa shape index (κ3) is 71.0. The first-order valence-electron chi connectivity index (χ1n) is 38.8. The number of ether oxygens (including phenoxy) is 1. The molecule has 6 heteroatoms. The lowest BCUT2D eigenvalue weighted by Gasteiger charge is -2.20. The molecule has 0 aliphatic rings. The molecule has 0 aromatic carbocycles. The fraction of sp³-hybridized carbons (Fsp3) is 0.899. The zero-order chi connectivity index (χ0) is 61.3. The van der Waals surface area contributed by atoms with E-state index in [0.29, 0.717) is 19.4 Å². The summed E-state index contributed by atoms with van der Waals surface area (Å²) in [5.74, 6) is -0.0400.